The standard InChI is InChI=1S/C22H28/c1-11(2)19-17(9)21-15(7)13(5)14(6)16(8)22(21)18(10)20(19)12(3)4/h1,3H2,2,4-10H3. The average Bonchev–Trinajstić information content (AvgIpc) is 2.43. The Morgan fingerprint density at radius 3 is 1.00 bits per heavy atom. The molecule has 0 aliphatic rings. The van der Waals surface area contributed by atoms with E-state index < -0.39 is 0 Å². The minimum absolute atomic E-state index is 1.12. The first-order valence-corrected chi connectivity index (χ1v) is 7.96. The normalized spacial score (nSPS) is 11.1. The lowest BCUT2D eigenvalue weighted by molar-refractivity contribution is 1.23. The lowest BCUT2D eigenvalue weighted by atomic mass is 9.80. The highest BCUT2D eigenvalue weighted by Crippen LogP contribution is 2.41. The topological polar surface area (TPSA) is 0 Å². The predicted molar refractivity (Wildman–Crippen MR) is 102 cm³/mol. The summed E-state index contributed by atoms with van der Waals surface area (Å²) < 4.78 is 0. The van der Waals surface area contributed by atoms with Gasteiger partial charge in [0.15, 0.2) is 0 Å². The molecule has 0 heteroatoms. The Morgan fingerprint density at radius 1 is 0.500 bits per heavy atom. The van der Waals surface area contributed by atoms with E-state index in [2.05, 4.69) is 68.5 Å². The molecule has 0 saturated heterocycles. The summed E-state index contributed by atoms with van der Waals surface area (Å²) in [6.45, 7) is 26.1. The molecule has 0 spiro atoms. The molecule has 0 radical (unpaired) electrons. The molecule has 0 unspecified atom stereocenters. The van der Waals surface area contributed by atoms with E-state index in [-0.39, 0.29) is 0 Å². The van der Waals surface area contributed by atoms with E-state index in [1.54, 1.807) is 0 Å². The smallest absolute Gasteiger partial charge is 0.0111 e. The highest BCUT2D eigenvalue weighted by atomic mass is 14.2. The van der Waals surface area contributed by atoms with Crippen LogP contribution in [0.3, 0.4) is 0 Å². The van der Waals surface area contributed by atoms with Gasteiger partial charge in [-0.2, -0.15) is 0 Å². The van der Waals surface area contributed by atoms with Crippen LogP contribution in [0.1, 0.15) is 58.4 Å². The zero-order valence-corrected chi connectivity index (χ0v) is 15.4. The lowest BCUT2D eigenvalue weighted by Crippen LogP contribution is -2.04. The fourth-order valence-electron chi connectivity index (χ4n) is 3.94. The van der Waals surface area contributed by atoms with E-state index in [0.29, 0.717) is 0 Å². The second-order valence-electron chi connectivity index (χ2n) is 6.81. The molecule has 2 aromatic rings. The Balaban J connectivity index is 3.27. The second-order valence-corrected chi connectivity index (χ2v) is 6.81. The van der Waals surface area contributed by atoms with Crippen LogP contribution in [-0.2, 0) is 0 Å². The Hall–Kier alpha value is -1.82. The van der Waals surface area contributed by atoms with E-state index in [9.17, 15) is 0 Å². The first-order chi connectivity index (χ1) is 10.1. The monoisotopic (exact) mass is 292 g/mol. The van der Waals surface area contributed by atoms with Crippen LogP contribution in [-0.4, -0.2) is 0 Å². The number of aryl methyl sites for hydroxylation is 4. The molecule has 0 aromatic heterocycles. The van der Waals surface area contributed by atoms with Gasteiger partial charge in [-0.1, -0.05) is 24.3 Å². The molecule has 0 N–H and O–H groups in total. The predicted octanol–water partition coefficient (Wildman–Crippen LogP) is 6.76. The van der Waals surface area contributed by atoms with Gasteiger partial charge in [0.1, 0.15) is 0 Å². The Bertz CT molecular complexity index is 759. The second kappa shape index (κ2) is 5.43. The highest BCUT2D eigenvalue weighted by Gasteiger charge is 2.20. The molecule has 2 rings (SSSR count). The summed E-state index contributed by atoms with van der Waals surface area (Å²) in [7, 11) is 0. The summed E-state index contributed by atoms with van der Waals surface area (Å²) >= 11 is 0. The fraction of sp³-hybridized carbons (Fsp3) is 0.364. The first kappa shape index (κ1) is 16.5. The molecule has 0 bridgehead atoms. The van der Waals surface area contributed by atoms with Crippen LogP contribution in [0.4, 0.5) is 0 Å². The molecule has 0 amide bonds. The largest absolute Gasteiger partial charge is 0.0955 e. The van der Waals surface area contributed by atoms with E-state index >= 15 is 0 Å². The van der Waals surface area contributed by atoms with Crippen LogP contribution in [0.15, 0.2) is 13.2 Å². The average molecular weight is 292 g/mol. The summed E-state index contributed by atoms with van der Waals surface area (Å²) in [5.74, 6) is 0. The van der Waals surface area contributed by atoms with Crippen molar-refractivity contribution in [3.05, 3.63) is 57.7 Å². The molecule has 0 aliphatic carbocycles. The third-order valence-corrected chi connectivity index (χ3v) is 5.29. The zero-order chi connectivity index (χ0) is 16.9. The maximum Gasteiger partial charge on any atom is -0.0111 e. The van der Waals surface area contributed by atoms with Gasteiger partial charge >= 0.3 is 0 Å². The van der Waals surface area contributed by atoms with E-state index in [1.165, 1.54) is 55.3 Å². The molecule has 0 saturated carbocycles. The number of hydrogen-bond donors (Lipinski definition) is 0. The molecule has 0 atom stereocenters. The Labute approximate surface area is 135 Å². The number of hydrogen-bond acceptors (Lipinski definition) is 0. The summed E-state index contributed by atoms with van der Waals surface area (Å²) in [4.78, 5) is 0. The van der Waals surface area contributed by atoms with Crippen molar-refractivity contribution in [1.29, 1.82) is 0 Å². The fourth-order valence-corrected chi connectivity index (χ4v) is 3.94. The van der Waals surface area contributed by atoms with Crippen molar-refractivity contribution in [2.24, 2.45) is 0 Å². The molecule has 2 aromatic carbocycles. The van der Waals surface area contributed by atoms with Crippen LogP contribution < -0.4 is 0 Å². The van der Waals surface area contributed by atoms with Crippen LogP contribution in [0.25, 0.3) is 21.9 Å². The van der Waals surface area contributed by atoms with Gasteiger partial charge in [-0.3, -0.25) is 0 Å². The van der Waals surface area contributed by atoms with Crippen molar-refractivity contribution in [3.63, 3.8) is 0 Å². The van der Waals surface area contributed by atoms with Gasteiger partial charge in [-0.05, 0) is 111 Å². The number of allylic oxidation sites excluding steroid dienone is 2. The van der Waals surface area contributed by atoms with E-state index in [1.807, 2.05) is 0 Å². The van der Waals surface area contributed by atoms with Gasteiger partial charge in [-0.15, -0.1) is 0 Å². The summed E-state index contributed by atoms with van der Waals surface area (Å²) in [5.41, 5.74) is 13.1. The van der Waals surface area contributed by atoms with Gasteiger partial charge in [0, 0.05) is 0 Å². The van der Waals surface area contributed by atoms with Crippen LogP contribution >= 0.6 is 0 Å². The maximum absolute atomic E-state index is 4.23. The lowest BCUT2D eigenvalue weighted by Gasteiger charge is -2.24. The van der Waals surface area contributed by atoms with E-state index in [4.69, 9.17) is 0 Å². The minimum Gasteiger partial charge on any atom is -0.0955 e. The van der Waals surface area contributed by atoms with Gasteiger partial charge in [0.25, 0.3) is 0 Å². The number of rotatable bonds is 2. The van der Waals surface area contributed by atoms with Gasteiger partial charge < -0.3 is 0 Å². The van der Waals surface area contributed by atoms with Crippen LogP contribution in [0.5, 0.6) is 0 Å². The SMILES string of the molecule is C=C(C)c1c(C(=C)C)c(C)c2c(C)c(C)c(C)c(C)c2c1C. The van der Waals surface area contributed by atoms with Crippen molar-refractivity contribution in [2.45, 2.75) is 55.4 Å². The highest BCUT2D eigenvalue weighted by molar-refractivity contribution is 6.02. The molecule has 116 valence electrons. The quantitative estimate of drug-likeness (QED) is 0.574. The molecule has 22 heavy (non-hydrogen) atoms. The van der Waals surface area contributed by atoms with Gasteiger partial charge in [0.05, 0.1) is 0 Å². The van der Waals surface area contributed by atoms with Crippen molar-refractivity contribution >= 4 is 21.9 Å². The van der Waals surface area contributed by atoms with Crippen molar-refractivity contribution in [1.82, 2.24) is 0 Å². The maximum atomic E-state index is 4.23. The molecule has 0 aliphatic heterocycles. The molecular weight excluding hydrogens is 264 g/mol. The number of fused-ring (bicyclic) bond motifs is 1. The summed E-state index contributed by atoms with van der Waals surface area (Å²) in [6, 6.07) is 0. The summed E-state index contributed by atoms with van der Waals surface area (Å²) in [6.07, 6.45) is 0. The first-order valence-electron chi connectivity index (χ1n) is 7.96. The molecule has 0 heterocycles. The third kappa shape index (κ3) is 2.13. The van der Waals surface area contributed by atoms with Gasteiger partial charge in [0.2, 0.25) is 0 Å². The zero-order valence-electron chi connectivity index (χ0n) is 15.4. The van der Waals surface area contributed by atoms with Crippen molar-refractivity contribution in [2.75, 3.05) is 0 Å². The van der Waals surface area contributed by atoms with Crippen molar-refractivity contribution in [3.8, 4) is 0 Å². The van der Waals surface area contributed by atoms with Gasteiger partial charge in [-0.25, -0.2) is 0 Å². The molecule has 0 fully saturated rings. The Morgan fingerprint density at radius 2 is 0.773 bits per heavy atom. The van der Waals surface area contributed by atoms with E-state index in [0.717, 1.165) is 11.1 Å². The molecule has 0 nitrogen and oxygen atoms in total. The minimum atomic E-state index is 1.12. The van der Waals surface area contributed by atoms with Crippen LogP contribution in [0.2, 0.25) is 0 Å². The van der Waals surface area contributed by atoms with Crippen LogP contribution in [0, 0.1) is 41.5 Å². The number of benzene rings is 2. The summed E-state index contributed by atoms with van der Waals surface area (Å²) in [5, 5.41) is 2.81. The Kier molecular flexibility index (Phi) is 4.08. The third-order valence-electron chi connectivity index (χ3n) is 5.29. The molecular formula is C22H28. The van der Waals surface area contributed by atoms with Crippen molar-refractivity contribution < 1.29 is 0 Å².